The molecule has 0 radical (unpaired) electrons. The molecule has 0 bridgehead atoms. The third-order valence-electron chi connectivity index (χ3n) is 6.12. The molecule has 0 unspecified atom stereocenters. The fraction of sp³-hybridized carbons (Fsp3) is 0.308. The van der Waals surface area contributed by atoms with Gasteiger partial charge in [0.25, 0.3) is 0 Å². The van der Waals surface area contributed by atoms with E-state index in [1.54, 1.807) is 33.3 Å². The SMILES string of the molecule is CCOC(=O)c1[nH]c2c(c1Cc1c(F)cccc1Cl)C(=O)C[C@@H](c1ccc(OC)c(OC)c1)C2. The summed E-state index contributed by atoms with van der Waals surface area (Å²) < 4.78 is 30.5. The van der Waals surface area contributed by atoms with Crippen molar-refractivity contribution in [2.75, 3.05) is 20.8 Å². The van der Waals surface area contributed by atoms with Gasteiger partial charge in [-0.25, -0.2) is 9.18 Å². The molecule has 6 nitrogen and oxygen atoms in total. The Hall–Kier alpha value is -3.32. The summed E-state index contributed by atoms with van der Waals surface area (Å²) in [7, 11) is 3.12. The fourth-order valence-corrected chi connectivity index (χ4v) is 4.73. The molecule has 4 rings (SSSR count). The van der Waals surface area contributed by atoms with E-state index in [0.29, 0.717) is 34.7 Å². The molecule has 1 N–H and O–H groups in total. The summed E-state index contributed by atoms with van der Waals surface area (Å²) in [4.78, 5) is 29.2. The van der Waals surface area contributed by atoms with Crippen LogP contribution in [0.25, 0.3) is 0 Å². The largest absolute Gasteiger partial charge is 0.493 e. The number of nitrogens with one attached hydrogen (secondary N) is 1. The average molecular weight is 486 g/mol. The number of carbonyl (C=O) groups is 2. The minimum atomic E-state index is -0.588. The van der Waals surface area contributed by atoms with Gasteiger partial charge in [0.1, 0.15) is 11.5 Å². The zero-order valence-corrected chi connectivity index (χ0v) is 19.9. The van der Waals surface area contributed by atoms with E-state index in [1.165, 1.54) is 12.1 Å². The lowest BCUT2D eigenvalue weighted by Crippen LogP contribution is -2.19. The van der Waals surface area contributed by atoms with Gasteiger partial charge in [-0.15, -0.1) is 0 Å². The second kappa shape index (κ2) is 9.89. The maximum absolute atomic E-state index is 14.6. The van der Waals surface area contributed by atoms with E-state index in [0.717, 1.165) is 5.56 Å². The molecule has 178 valence electrons. The zero-order valence-electron chi connectivity index (χ0n) is 19.2. The van der Waals surface area contributed by atoms with Crippen LogP contribution in [0, 0.1) is 5.82 Å². The average Bonchev–Trinajstić information content (AvgIpc) is 3.20. The molecule has 1 atom stereocenters. The topological polar surface area (TPSA) is 77.6 Å². The first-order valence-corrected chi connectivity index (χ1v) is 11.3. The van der Waals surface area contributed by atoms with Crippen LogP contribution in [0.3, 0.4) is 0 Å². The predicted molar refractivity (Wildman–Crippen MR) is 126 cm³/mol. The Labute approximate surface area is 202 Å². The van der Waals surface area contributed by atoms with Crippen molar-refractivity contribution < 1.29 is 28.2 Å². The van der Waals surface area contributed by atoms with E-state index in [2.05, 4.69) is 4.98 Å². The van der Waals surface area contributed by atoms with Gasteiger partial charge in [0, 0.05) is 40.2 Å². The van der Waals surface area contributed by atoms with Crippen LogP contribution < -0.4 is 9.47 Å². The van der Waals surface area contributed by atoms with Gasteiger partial charge in [0.05, 0.1) is 20.8 Å². The zero-order chi connectivity index (χ0) is 24.4. The second-order valence-electron chi connectivity index (χ2n) is 8.07. The summed E-state index contributed by atoms with van der Waals surface area (Å²) in [6.45, 7) is 1.87. The number of ketones is 1. The molecule has 0 amide bonds. The van der Waals surface area contributed by atoms with Gasteiger partial charge >= 0.3 is 5.97 Å². The summed E-state index contributed by atoms with van der Waals surface area (Å²) >= 11 is 6.24. The molecule has 34 heavy (non-hydrogen) atoms. The lowest BCUT2D eigenvalue weighted by atomic mass is 9.80. The number of carbonyl (C=O) groups excluding carboxylic acids is 2. The first-order chi connectivity index (χ1) is 16.4. The van der Waals surface area contributed by atoms with E-state index >= 15 is 0 Å². The number of ether oxygens (including phenoxy) is 3. The van der Waals surface area contributed by atoms with Crippen molar-refractivity contribution in [3.63, 3.8) is 0 Å². The van der Waals surface area contributed by atoms with E-state index in [-0.39, 0.29) is 47.4 Å². The Morgan fingerprint density at radius 1 is 1.12 bits per heavy atom. The quantitative estimate of drug-likeness (QED) is 0.447. The molecule has 8 heteroatoms. The van der Waals surface area contributed by atoms with Crippen LogP contribution in [0.4, 0.5) is 4.39 Å². The monoisotopic (exact) mass is 485 g/mol. The standard InChI is InChI=1S/C26H25ClFNO5/c1-4-34-26(31)25-17(13-16-18(27)6-5-7-19(16)28)24-20(29-25)10-15(11-21(24)30)14-8-9-22(32-2)23(12-14)33-3/h5-9,12,15,29H,4,10-11,13H2,1-3H3/t15-/m0/s1. The van der Waals surface area contributed by atoms with Crippen LogP contribution >= 0.6 is 11.6 Å². The molecule has 0 aliphatic heterocycles. The molecule has 0 saturated heterocycles. The molecule has 0 fully saturated rings. The van der Waals surface area contributed by atoms with Crippen LogP contribution in [0.1, 0.15) is 62.5 Å². The number of benzene rings is 2. The Balaban J connectivity index is 1.76. The van der Waals surface area contributed by atoms with Gasteiger partial charge < -0.3 is 19.2 Å². The minimum Gasteiger partial charge on any atom is -0.493 e. The molecule has 0 saturated carbocycles. The number of esters is 1. The molecule has 1 aliphatic rings. The third-order valence-corrected chi connectivity index (χ3v) is 6.47. The molecule has 1 heterocycles. The number of halogens is 2. The highest BCUT2D eigenvalue weighted by atomic mass is 35.5. The number of aromatic amines is 1. The van der Waals surface area contributed by atoms with E-state index in [1.807, 2.05) is 12.1 Å². The first kappa shape index (κ1) is 23.8. The van der Waals surface area contributed by atoms with Crippen LogP contribution in [-0.4, -0.2) is 37.6 Å². The first-order valence-electron chi connectivity index (χ1n) is 11.0. The van der Waals surface area contributed by atoms with E-state index < -0.39 is 11.8 Å². The number of rotatable bonds is 7. The number of hydrogen-bond donors (Lipinski definition) is 1. The summed E-state index contributed by atoms with van der Waals surface area (Å²) in [5.74, 6) is -0.165. The molecule has 0 spiro atoms. The highest BCUT2D eigenvalue weighted by Gasteiger charge is 2.34. The van der Waals surface area contributed by atoms with Crippen molar-refractivity contribution in [3.05, 3.63) is 80.9 Å². The van der Waals surface area contributed by atoms with Gasteiger partial charge in [-0.2, -0.15) is 0 Å². The smallest absolute Gasteiger partial charge is 0.355 e. The Morgan fingerprint density at radius 3 is 2.56 bits per heavy atom. The number of Topliss-reactive ketones (excluding diaryl/α,β-unsaturated/α-hetero) is 1. The number of hydrogen-bond acceptors (Lipinski definition) is 5. The number of fused-ring (bicyclic) bond motifs is 1. The summed E-state index contributed by atoms with van der Waals surface area (Å²) in [5.41, 5.74) is 2.76. The van der Waals surface area contributed by atoms with Crippen LogP contribution in [-0.2, 0) is 17.6 Å². The summed E-state index contributed by atoms with van der Waals surface area (Å²) in [6.07, 6.45) is 0.729. The van der Waals surface area contributed by atoms with Crippen molar-refractivity contribution in [3.8, 4) is 11.5 Å². The van der Waals surface area contributed by atoms with Crippen LogP contribution in [0.2, 0.25) is 5.02 Å². The van der Waals surface area contributed by atoms with E-state index in [4.69, 9.17) is 25.8 Å². The number of methoxy groups -OCH3 is 2. The number of aromatic nitrogens is 1. The Bertz CT molecular complexity index is 1230. The predicted octanol–water partition coefficient (Wildman–Crippen LogP) is 5.50. The lowest BCUT2D eigenvalue weighted by molar-refractivity contribution is 0.0519. The number of H-pyrrole nitrogens is 1. The van der Waals surface area contributed by atoms with Crippen molar-refractivity contribution >= 4 is 23.4 Å². The van der Waals surface area contributed by atoms with Gasteiger partial charge in [-0.1, -0.05) is 23.7 Å². The molecule has 1 aliphatic carbocycles. The lowest BCUT2D eigenvalue weighted by Gasteiger charge is -2.23. The van der Waals surface area contributed by atoms with Crippen molar-refractivity contribution in [1.29, 1.82) is 0 Å². The second-order valence-corrected chi connectivity index (χ2v) is 8.48. The molecule has 2 aromatic carbocycles. The Kier molecular flexibility index (Phi) is 6.93. The summed E-state index contributed by atoms with van der Waals surface area (Å²) in [6, 6.07) is 9.96. The van der Waals surface area contributed by atoms with Gasteiger partial charge in [0.2, 0.25) is 0 Å². The third kappa shape index (κ3) is 4.40. The maximum atomic E-state index is 14.6. The Morgan fingerprint density at radius 2 is 1.88 bits per heavy atom. The highest BCUT2D eigenvalue weighted by Crippen LogP contribution is 2.39. The molecule has 3 aromatic rings. The van der Waals surface area contributed by atoms with Gasteiger partial charge in [-0.3, -0.25) is 4.79 Å². The normalized spacial score (nSPS) is 15.1. The van der Waals surface area contributed by atoms with Crippen molar-refractivity contribution in [2.24, 2.45) is 0 Å². The van der Waals surface area contributed by atoms with Gasteiger partial charge in [-0.05, 0) is 49.1 Å². The van der Waals surface area contributed by atoms with Gasteiger partial charge in [0.15, 0.2) is 17.3 Å². The minimum absolute atomic E-state index is 0.00173. The van der Waals surface area contributed by atoms with Crippen molar-refractivity contribution in [2.45, 2.75) is 32.1 Å². The molecular weight excluding hydrogens is 461 g/mol. The van der Waals surface area contributed by atoms with Crippen LogP contribution in [0.15, 0.2) is 36.4 Å². The maximum Gasteiger partial charge on any atom is 0.355 e. The summed E-state index contributed by atoms with van der Waals surface area (Å²) in [5, 5.41) is 0.233. The fourth-order valence-electron chi connectivity index (χ4n) is 4.50. The van der Waals surface area contributed by atoms with E-state index in [9.17, 15) is 14.0 Å². The molecular formula is C26H25ClFNO5. The van der Waals surface area contributed by atoms with Crippen molar-refractivity contribution in [1.82, 2.24) is 4.98 Å². The highest BCUT2D eigenvalue weighted by molar-refractivity contribution is 6.31. The molecule has 1 aromatic heterocycles. The van der Waals surface area contributed by atoms with Crippen LogP contribution in [0.5, 0.6) is 11.5 Å².